The highest BCUT2D eigenvalue weighted by Gasteiger charge is 2.36. The number of hydrogen-bond acceptors (Lipinski definition) is 7. The van der Waals surface area contributed by atoms with Crippen LogP contribution in [0, 0.1) is 17.1 Å². The first-order chi connectivity index (χ1) is 17.0. The molecule has 11 heteroatoms. The van der Waals surface area contributed by atoms with E-state index < -0.39 is 29.0 Å². The van der Waals surface area contributed by atoms with Crippen LogP contribution in [0.4, 0.5) is 14.9 Å². The molecule has 184 valence electrons. The third-order valence-electron chi connectivity index (χ3n) is 5.36. The number of imidazole rings is 1. The van der Waals surface area contributed by atoms with Crippen LogP contribution in [0.1, 0.15) is 55.0 Å². The number of fused-ring (bicyclic) bond motifs is 1. The number of aliphatic imine (C=N–C) groups is 1. The van der Waals surface area contributed by atoms with Crippen molar-refractivity contribution in [1.82, 2.24) is 19.9 Å². The van der Waals surface area contributed by atoms with Crippen LogP contribution in [0.25, 0.3) is 0 Å². The second-order valence-electron chi connectivity index (χ2n) is 9.46. The Kier molecular flexibility index (Phi) is 6.28. The van der Waals surface area contributed by atoms with Crippen LogP contribution in [-0.2, 0) is 16.7 Å². The summed E-state index contributed by atoms with van der Waals surface area (Å²) in [6.45, 7) is 6.95. The Labute approximate surface area is 206 Å². The summed E-state index contributed by atoms with van der Waals surface area (Å²) in [5, 5.41) is 14.2. The van der Waals surface area contributed by atoms with E-state index >= 15 is 4.39 Å². The molecule has 0 fully saturated rings. The molecule has 1 aliphatic heterocycles. The van der Waals surface area contributed by atoms with Crippen molar-refractivity contribution < 1.29 is 18.7 Å². The predicted octanol–water partition coefficient (Wildman–Crippen LogP) is 3.74. The fourth-order valence-electron chi connectivity index (χ4n) is 3.77. The van der Waals surface area contributed by atoms with E-state index in [1.165, 1.54) is 42.9 Å². The molecule has 0 saturated carbocycles. The van der Waals surface area contributed by atoms with E-state index in [9.17, 15) is 9.59 Å². The first kappa shape index (κ1) is 24.5. The summed E-state index contributed by atoms with van der Waals surface area (Å²) in [4.78, 5) is 37.8. The van der Waals surface area contributed by atoms with Gasteiger partial charge in [0.05, 0.1) is 11.1 Å². The van der Waals surface area contributed by atoms with Crippen molar-refractivity contribution >= 4 is 23.6 Å². The molecule has 1 aliphatic rings. The standard InChI is InChI=1S/C25H24FN7O3/c1-24(2,3)36-23(35)31-22-32-25(4,10-17-13-28-14-33(17)22)18-9-16(6-7-19(18)26)30-21(34)20-8-5-15(11-27)12-29-20/h5-9,12-14H,10H2,1-4H3,(H,30,34)(H,31,32,35). The number of nitrogens with one attached hydrogen (secondary N) is 2. The summed E-state index contributed by atoms with van der Waals surface area (Å²) in [5.41, 5.74) is -0.165. The van der Waals surface area contributed by atoms with E-state index in [1.807, 2.05) is 6.07 Å². The van der Waals surface area contributed by atoms with Crippen LogP contribution in [0.2, 0.25) is 0 Å². The smallest absolute Gasteiger partial charge is 0.414 e. The number of halogens is 1. The number of hydrogen-bond donors (Lipinski definition) is 2. The molecule has 3 aromatic rings. The highest BCUT2D eigenvalue weighted by Crippen LogP contribution is 2.36. The lowest BCUT2D eigenvalue weighted by Crippen LogP contribution is -2.44. The van der Waals surface area contributed by atoms with Crippen LogP contribution in [-0.4, -0.2) is 38.1 Å². The Balaban J connectivity index is 1.64. The molecular formula is C25H24FN7O3. The zero-order valence-electron chi connectivity index (χ0n) is 20.2. The largest absolute Gasteiger partial charge is 0.444 e. The number of rotatable bonds is 3. The van der Waals surface area contributed by atoms with Gasteiger partial charge in [0, 0.05) is 35.8 Å². The van der Waals surface area contributed by atoms with Crippen molar-refractivity contribution in [2.75, 3.05) is 5.32 Å². The van der Waals surface area contributed by atoms with E-state index in [0.29, 0.717) is 16.9 Å². The molecule has 2 amide bonds. The predicted molar refractivity (Wildman–Crippen MR) is 129 cm³/mol. The van der Waals surface area contributed by atoms with E-state index in [1.54, 1.807) is 38.5 Å². The van der Waals surface area contributed by atoms with Gasteiger partial charge >= 0.3 is 6.09 Å². The van der Waals surface area contributed by atoms with Crippen molar-refractivity contribution in [2.45, 2.75) is 45.3 Å². The summed E-state index contributed by atoms with van der Waals surface area (Å²) in [6, 6.07) is 9.02. The average molecular weight is 490 g/mol. The third-order valence-corrected chi connectivity index (χ3v) is 5.36. The van der Waals surface area contributed by atoms with Crippen LogP contribution in [0.5, 0.6) is 0 Å². The molecule has 2 N–H and O–H groups in total. The first-order valence-corrected chi connectivity index (χ1v) is 11.1. The molecule has 1 aromatic carbocycles. The van der Waals surface area contributed by atoms with Crippen LogP contribution in [0.3, 0.4) is 0 Å². The van der Waals surface area contributed by atoms with Gasteiger partial charge in [-0.25, -0.2) is 24.1 Å². The van der Waals surface area contributed by atoms with Gasteiger partial charge in [-0.2, -0.15) is 5.26 Å². The SMILES string of the molecule is CC(C)(C)OC(=O)NC1=NC(C)(c2cc(NC(=O)c3ccc(C#N)cn3)ccc2F)Cc2cncn21. The highest BCUT2D eigenvalue weighted by molar-refractivity contribution is 6.03. The summed E-state index contributed by atoms with van der Waals surface area (Å²) >= 11 is 0. The number of ether oxygens (including phenoxy) is 1. The molecule has 0 saturated heterocycles. The summed E-state index contributed by atoms with van der Waals surface area (Å²) < 4.78 is 22.0. The van der Waals surface area contributed by atoms with Gasteiger partial charge in [0.2, 0.25) is 5.96 Å². The van der Waals surface area contributed by atoms with E-state index in [4.69, 9.17) is 10.00 Å². The van der Waals surface area contributed by atoms with E-state index in [0.717, 1.165) is 0 Å². The maximum atomic E-state index is 15.1. The lowest BCUT2D eigenvalue weighted by atomic mass is 9.86. The molecular weight excluding hydrogens is 465 g/mol. The maximum Gasteiger partial charge on any atom is 0.414 e. The minimum atomic E-state index is -1.13. The number of anilines is 1. The minimum absolute atomic E-state index is 0.106. The number of benzene rings is 1. The molecule has 2 aromatic heterocycles. The minimum Gasteiger partial charge on any atom is -0.444 e. The van der Waals surface area contributed by atoms with Crippen molar-refractivity contribution in [3.63, 3.8) is 0 Å². The summed E-state index contributed by atoms with van der Waals surface area (Å²) in [6.07, 6.45) is 4.00. The zero-order valence-corrected chi connectivity index (χ0v) is 20.2. The zero-order chi connectivity index (χ0) is 26.1. The molecule has 0 bridgehead atoms. The average Bonchev–Trinajstić information content (AvgIpc) is 3.27. The fraction of sp³-hybridized carbons (Fsp3) is 0.280. The van der Waals surface area contributed by atoms with Crippen molar-refractivity contribution in [3.8, 4) is 6.07 Å². The van der Waals surface area contributed by atoms with Gasteiger partial charge in [0.25, 0.3) is 5.91 Å². The molecule has 0 aliphatic carbocycles. The van der Waals surface area contributed by atoms with Crippen molar-refractivity contribution in [1.29, 1.82) is 5.26 Å². The molecule has 36 heavy (non-hydrogen) atoms. The van der Waals surface area contributed by atoms with Gasteiger partial charge in [0.1, 0.15) is 29.5 Å². The number of pyridine rings is 1. The van der Waals surface area contributed by atoms with Gasteiger partial charge in [0.15, 0.2) is 0 Å². The van der Waals surface area contributed by atoms with Crippen molar-refractivity contribution in [3.05, 3.63) is 77.4 Å². The van der Waals surface area contributed by atoms with Gasteiger partial charge in [-0.3, -0.25) is 14.7 Å². The summed E-state index contributed by atoms with van der Waals surface area (Å²) in [5.74, 6) is -0.902. The van der Waals surface area contributed by atoms with Crippen LogP contribution in [0.15, 0.2) is 54.0 Å². The number of nitriles is 1. The molecule has 10 nitrogen and oxygen atoms in total. The topological polar surface area (TPSA) is 134 Å². The molecule has 3 heterocycles. The Hall–Kier alpha value is -4.59. The Morgan fingerprint density at radius 3 is 2.64 bits per heavy atom. The Morgan fingerprint density at radius 1 is 1.19 bits per heavy atom. The van der Waals surface area contributed by atoms with Gasteiger partial charge in [-0.1, -0.05) is 0 Å². The van der Waals surface area contributed by atoms with Crippen LogP contribution < -0.4 is 10.6 Å². The van der Waals surface area contributed by atoms with Gasteiger partial charge < -0.3 is 10.1 Å². The molecule has 1 atom stereocenters. The van der Waals surface area contributed by atoms with E-state index in [-0.39, 0.29) is 23.6 Å². The van der Waals surface area contributed by atoms with Gasteiger partial charge in [-0.15, -0.1) is 0 Å². The second kappa shape index (κ2) is 9.22. The normalized spacial score (nSPS) is 16.8. The fourth-order valence-corrected chi connectivity index (χ4v) is 3.77. The Bertz CT molecular complexity index is 1400. The molecule has 4 rings (SSSR count). The molecule has 0 radical (unpaired) electrons. The lowest BCUT2D eigenvalue weighted by molar-refractivity contribution is 0.0560. The number of nitrogens with zero attached hydrogens (tertiary/aromatic N) is 5. The molecule has 0 spiro atoms. The van der Waals surface area contributed by atoms with Crippen molar-refractivity contribution in [2.24, 2.45) is 4.99 Å². The monoisotopic (exact) mass is 489 g/mol. The lowest BCUT2D eigenvalue weighted by Gasteiger charge is -2.32. The second-order valence-corrected chi connectivity index (χ2v) is 9.46. The maximum absolute atomic E-state index is 15.1. The quantitative estimate of drug-likeness (QED) is 0.576. The van der Waals surface area contributed by atoms with E-state index in [2.05, 4.69) is 25.6 Å². The number of carbonyl (C=O) groups is 2. The summed E-state index contributed by atoms with van der Waals surface area (Å²) in [7, 11) is 0. The number of amides is 2. The highest BCUT2D eigenvalue weighted by atomic mass is 19.1. The first-order valence-electron chi connectivity index (χ1n) is 11.1. The van der Waals surface area contributed by atoms with Gasteiger partial charge in [-0.05, 0) is 58.0 Å². The molecule has 1 unspecified atom stereocenters. The number of alkyl carbamates (subject to hydrolysis) is 1. The number of aromatic nitrogens is 3. The number of carbonyl (C=O) groups excluding carboxylic acids is 2. The van der Waals surface area contributed by atoms with Crippen LogP contribution >= 0.6 is 0 Å². The Morgan fingerprint density at radius 2 is 1.97 bits per heavy atom. The third kappa shape index (κ3) is 5.22.